The summed E-state index contributed by atoms with van der Waals surface area (Å²) in [4.78, 5) is 2.31. The quantitative estimate of drug-likeness (QED) is 0.708. The minimum absolute atomic E-state index is 0.586. The van der Waals surface area contributed by atoms with Gasteiger partial charge in [0, 0.05) is 20.5 Å². The summed E-state index contributed by atoms with van der Waals surface area (Å²) in [6, 6.07) is 16.0. The third-order valence-electron chi connectivity index (χ3n) is 2.72. The first-order chi connectivity index (χ1) is 9.72. The molecule has 6 heteroatoms. The van der Waals surface area contributed by atoms with Gasteiger partial charge in [-0.1, -0.05) is 23.4 Å². The summed E-state index contributed by atoms with van der Waals surface area (Å²) in [5.41, 5.74) is 0.990. The first-order valence-electron chi connectivity index (χ1n) is 5.88. The molecule has 0 radical (unpaired) electrons. The monoisotopic (exact) mass is 319 g/mol. The standard InChI is InChI=1S/C14H10ClN3S2/c15-10-1-5-12(6-2-10)20-13-7-3-11(4-8-13)18-9-16-17-14(18)19/h1-9H,(H,17,19). The van der Waals surface area contributed by atoms with E-state index < -0.39 is 0 Å². The largest absolute Gasteiger partial charge is 0.275 e. The Hall–Kier alpha value is -1.56. The number of hydrogen-bond acceptors (Lipinski definition) is 3. The van der Waals surface area contributed by atoms with Gasteiger partial charge in [-0.05, 0) is 60.7 Å². The minimum Gasteiger partial charge on any atom is -0.275 e. The summed E-state index contributed by atoms with van der Waals surface area (Å²) in [5.74, 6) is 0. The van der Waals surface area contributed by atoms with Crippen molar-refractivity contribution in [2.45, 2.75) is 9.79 Å². The van der Waals surface area contributed by atoms with Crippen LogP contribution in [0.15, 0.2) is 64.6 Å². The number of halogens is 1. The smallest absolute Gasteiger partial charge is 0.199 e. The van der Waals surface area contributed by atoms with E-state index in [1.165, 1.54) is 0 Å². The fourth-order valence-electron chi connectivity index (χ4n) is 1.75. The Morgan fingerprint density at radius 1 is 1.00 bits per heavy atom. The van der Waals surface area contributed by atoms with Gasteiger partial charge in [-0.2, -0.15) is 5.10 Å². The highest BCUT2D eigenvalue weighted by molar-refractivity contribution is 7.99. The Labute approximate surface area is 130 Å². The van der Waals surface area contributed by atoms with E-state index in [4.69, 9.17) is 23.8 Å². The highest BCUT2D eigenvalue weighted by atomic mass is 35.5. The Morgan fingerprint density at radius 2 is 1.60 bits per heavy atom. The van der Waals surface area contributed by atoms with Gasteiger partial charge in [-0.15, -0.1) is 0 Å². The summed E-state index contributed by atoms with van der Waals surface area (Å²) in [5, 5.41) is 7.40. The van der Waals surface area contributed by atoms with E-state index in [0.717, 1.165) is 20.5 Å². The van der Waals surface area contributed by atoms with Gasteiger partial charge >= 0.3 is 0 Å². The van der Waals surface area contributed by atoms with Gasteiger partial charge in [0.05, 0.1) is 0 Å². The third-order valence-corrected chi connectivity index (χ3v) is 4.27. The highest BCUT2D eigenvalue weighted by Gasteiger charge is 2.01. The molecule has 0 unspecified atom stereocenters. The fraction of sp³-hybridized carbons (Fsp3) is 0. The van der Waals surface area contributed by atoms with Crippen LogP contribution < -0.4 is 0 Å². The Kier molecular flexibility index (Phi) is 3.91. The number of nitrogens with zero attached hydrogens (tertiary/aromatic N) is 2. The van der Waals surface area contributed by atoms with E-state index >= 15 is 0 Å². The predicted octanol–water partition coefficient (Wildman–Crippen LogP) is 4.73. The zero-order chi connectivity index (χ0) is 13.9. The number of nitrogens with one attached hydrogen (secondary N) is 1. The molecule has 3 aromatic rings. The number of rotatable bonds is 3. The SMILES string of the molecule is S=c1[nH]ncn1-c1ccc(Sc2ccc(Cl)cc2)cc1. The van der Waals surface area contributed by atoms with Crippen LogP contribution in [0, 0.1) is 4.77 Å². The van der Waals surface area contributed by atoms with Crippen molar-refractivity contribution >= 4 is 35.6 Å². The summed E-state index contributed by atoms with van der Waals surface area (Å²) < 4.78 is 2.41. The van der Waals surface area contributed by atoms with E-state index in [1.54, 1.807) is 18.1 Å². The van der Waals surface area contributed by atoms with Crippen LogP contribution in [-0.2, 0) is 0 Å². The van der Waals surface area contributed by atoms with Crippen LogP contribution in [0.2, 0.25) is 5.02 Å². The second-order valence-electron chi connectivity index (χ2n) is 4.08. The molecule has 0 fully saturated rings. The molecular weight excluding hydrogens is 310 g/mol. The number of H-pyrrole nitrogens is 1. The van der Waals surface area contributed by atoms with Crippen molar-refractivity contribution in [3.8, 4) is 5.69 Å². The van der Waals surface area contributed by atoms with E-state index in [1.807, 2.05) is 41.0 Å². The van der Waals surface area contributed by atoms with Crippen LogP contribution >= 0.6 is 35.6 Å². The zero-order valence-corrected chi connectivity index (χ0v) is 12.7. The average molecular weight is 320 g/mol. The lowest BCUT2D eigenvalue weighted by molar-refractivity contribution is 1.03. The molecule has 0 aliphatic carbocycles. The number of aromatic nitrogens is 3. The lowest BCUT2D eigenvalue weighted by atomic mass is 10.3. The van der Waals surface area contributed by atoms with Gasteiger partial charge in [-0.25, -0.2) is 0 Å². The number of aromatic amines is 1. The molecule has 0 amide bonds. The van der Waals surface area contributed by atoms with Crippen molar-refractivity contribution in [3.05, 3.63) is 64.7 Å². The molecule has 3 rings (SSSR count). The first-order valence-corrected chi connectivity index (χ1v) is 7.48. The molecule has 0 aliphatic heterocycles. The molecule has 1 heterocycles. The highest BCUT2D eigenvalue weighted by Crippen LogP contribution is 2.29. The van der Waals surface area contributed by atoms with Gasteiger partial charge in [-0.3, -0.25) is 9.67 Å². The molecule has 20 heavy (non-hydrogen) atoms. The van der Waals surface area contributed by atoms with Gasteiger partial charge < -0.3 is 0 Å². The molecule has 0 atom stereocenters. The summed E-state index contributed by atoms with van der Waals surface area (Å²) in [7, 11) is 0. The fourth-order valence-corrected chi connectivity index (χ4v) is 2.89. The Balaban J connectivity index is 1.81. The van der Waals surface area contributed by atoms with Crippen LogP contribution in [-0.4, -0.2) is 14.8 Å². The van der Waals surface area contributed by atoms with Gasteiger partial charge in [0.1, 0.15) is 6.33 Å². The van der Waals surface area contributed by atoms with Gasteiger partial charge in [0.15, 0.2) is 4.77 Å². The maximum absolute atomic E-state index is 5.88. The lowest BCUT2D eigenvalue weighted by Gasteiger charge is -2.04. The van der Waals surface area contributed by atoms with Crippen molar-refractivity contribution in [2.24, 2.45) is 0 Å². The van der Waals surface area contributed by atoms with E-state index in [2.05, 4.69) is 22.3 Å². The molecule has 0 saturated heterocycles. The second-order valence-corrected chi connectivity index (χ2v) is 6.05. The maximum atomic E-state index is 5.88. The Bertz CT molecular complexity index is 760. The van der Waals surface area contributed by atoms with Crippen LogP contribution in [0.25, 0.3) is 5.69 Å². The van der Waals surface area contributed by atoms with Crippen LogP contribution in [0.3, 0.4) is 0 Å². The van der Waals surface area contributed by atoms with Crippen molar-refractivity contribution < 1.29 is 0 Å². The Morgan fingerprint density at radius 3 is 2.15 bits per heavy atom. The normalized spacial score (nSPS) is 10.7. The van der Waals surface area contributed by atoms with Gasteiger partial charge in [0.25, 0.3) is 0 Å². The van der Waals surface area contributed by atoms with E-state index in [9.17, 15) is 0 Å². The van der Waals surface area contributed by atoms with Crippen molar-refractivity contribution in [3.63, 3.8) is 0 Å². The molecule has 3 nitrogen and oxygen atoms in total. The number of benzene rings is 2. The molecule has 1 N–H and O–H groups in total. The molecule has 0 bridgehead atoms. The van der Waals surface area contributed by atoms with E-state index in [-0.39, 0.29) is 0 Å². The van der Waals surface area contributed by atoms with Crippen LogP contribution in [0.4, 0.5) is 0 Å². The van der Waals surface area contributed by atoms with E-state index in [0.29, 0.717) is 4.77 Å². The third kappa shape index (κ3) is 2.95. The van der Waals surface area contributed by atoms with Crippen molar-refractivity contribution in [2.75, 3.05) is 0 Å². The molecular formula is C14H10ClN3S2. The molecule has 0 saturated carbocycles. The predicted molar refractivity (Wildman–Crippen MR) is 84.3 cm³/mol. The summed E-state index contributed by atoms with van der Waals surface area (Å²) in [6.07, 6.45) is 1.67. The lowest BCUT2D eigenvalue weighted by Crippen LogP contribution is -1.91. The average Bonchev–Trinajstić information content (AvgIpc) is 2.89. The maximum Gasteiger partial charge on any atom is 0.199 e. The molecule has 2 aromatic carbocycles. The van der Waals surface area contributed by atoms with Crippen molar-refractivity contribution in [1.82, 2.24) is 14.8 Å². The molecule has 0 spiro atoms. The second kappa shape index (κ2) is 5.83. The molecule has 1 aromatic heterocycles. The molecule has 100 valence electrons. The van der Waals surface area contributed by atoms with Crippen LogP contribution in [0.5, 0.6) is 0 Å². The molecule has 0 aliphatic rings. The topological polar surface area (TPSA) is 33.6 Å². The summed E-state index contributed by atoms with van der Waals surface area (Å²) >= 11 is 12.7. The first kappa shape index (κ1) is 13.4. The van der Waals surface area contributed by atoms with Gasteiger partial charge in [0.2, 0.25) is 0 Å². The zero-order valence-electron chi connectivity index (χ0n) is 10.3. The summed E-state index contributed by atoms with van der Waals surface area (Å²) in [6.45, 7) is 0. The minimum atomic E-state index is 0.586. The number of hydrogen-bond donors (Lipinski definition) is 1. The van der Waals surface area contributed by atoms with Crippen molar-refractivity contribution in [1.29, 1.82) is 0 Å². The van der Waals surface area contributed by atoms with Crippen LogP contribution in [0.1, 0.15) is 0 Å².